The highest BCUT2D eigenvalue weighted by Crippen LogP contribution is 2.25. The van der Waals surface area contributed by atoms with Crippen LogP contribution in [0.4, 0.5) is 11.4 Å². The average molecular weight is 343 g/mol. The number of carbonyl (C=O) groups excluding carboxylic acids is 3. The smallest absolute Gasteiger partial charge is 0.247 e. The summed E-state index contributed by atoms with van der Waals surface area (Å²) in [5, 5.41) is 5.44. The predicted molar refractivity (Wildman–Crippen MR) is 94.3 cm³/mol. The van der Waals surface area contributed by atoms with Gasteiger partial charge in [-0.25, -0.2) is 0 Å². The molecule has 0 heterocycles. The van der Waals surface area contributed by atoms with Crippen molar-refractivity contribution >= 4 is 40.6 Å². The second kappa shape index (κ2) is 8.08. The number of amides is 2. The van der Waals surface area contributed by atoms with Crippen LogP contribution in [0.1, 0.15) is 16.8 Å². The Morgan fingerprint density at radius 2 is 1.75 bits per heavy atom. The number of ketones is 1. The lowest BCUT2D eigenvalue weighted by molar-refractivity contribution is -0.115. The summed E-state index contributed by atoms with van der Waals surface area (Å²) in [6.07, 6.45) is 0.828. The lowest BCUT2D eigenvalue weighted by atomic mass is 10.1. The molecule has 0 aliphatic carbocycles. The van der Waals surface area contributed by atoms with E-state index in [1.54, 1.807) is 36.4 Å². The van der Waals surface area contributed by atoms with Crippen LogP contribution in [0, 0.1) is 0 Å². The number of hydrogen-bond donors (Lipinski definition) is 2. The first kappa shape index (κ1) is 17.4. The number of Topliss-reactive ketones (excluding diaryl/α,β-unsaturated/α-hetero) is 1. The lowest BCUT2D eigenvalue weighted by Crippen LogP contribution is -2.17. The molecule has 0 aromatic heterocycles. The fourth-order valence-electron chi connectivity index (χ4n) is 1.96. The fraction of sp³-hybridized carbons (Fsp3) is 0.0556. The van der Waals surface area contributed by atoms with Gasteiger partial charge < -0.3 is 10.6 Å². The molecule has 0 aliphatic rings. The normalized spacial score (nSPS) is 9.88. The molecule has 122 valence electrons. The standard InChI is InChI=1S/C18H15ClN2O3/c1-2-17(23)20-13-8-9-14(19)15(10-13)21-18(24)11-16(22)12-6-4-3-5-7-12/h2-10H,1,11H2,(H,20,23)(H,21,24). The second-order valence-electron chi connectivity index (χ2n) is 4.90. The first-order valence-electron chi connectivity index (χ1n) is 7.10. The Kier molecular flexibility index (Phi) is 5.87. The monoisotopic (exact) mass is 342 g/mol. The van der Waals surface area contributed by atoms with Gasteiger partial charge in [-0.15, -0.1) is 0 Å². The molecule has 5 nitrogen and oxygen atoms in total. The molecule has 6 heteroatoms. The molecule has 0 bridgehead atoms. The number of carbonyl (C=O) groups is 3. The molecule has 0 radical (unpaired) electrons. The summed E-state index contributed by atoms with van der Waals surface area (Å²) in [5.74, 6) is -1.16. The van der Waals surface area contributed by atoms with Crippen molar-refractivity contribution in [2.75, 3.05) is 10.6 Å². The third kappa shape index (κ3) is 4.79. The molecule has 0 fully saturated rings. The molecule has 0 saturated carbocycles. The van der Waals surface area contributed by atoms with Crippen LogP contribution >= 0.6 is 11.6 Å². The molecule has 0 aliphatic heterocycles. The Bertz CT molecular complexity index is 788. The highest BCUT2D eigenvalue weighted by molar-refractivity contribution is 6.34. The molecule has 0 saturated heterocycles. The zero-order valence-corrected chi connectivity index (χ0v) is 13.5. The van der Waals surface area contributed by atoms with E-state index in [2.05, 4.69) is 17.2 Å². The van der Waals surface area contributed by atoms with Crippen molar-refractivity contribution in [1.82, 2.24) is 0 Å². The summed E-state index contributed by atoms with van der Waals surface area (Å²) in [6, 6.07) is 13.2. The minimum Gasteiger partial charge on any atom is -0.324 e. The van der Waals surface area contributed by atoms with Gasteiger partial charge in [0.15, 0.2) is 5.78 Å². The molecule has 24 heavy (non-hydrogen) atoms. The highest BCUT2D eigenvalue weighted by Gasteiger charge is 2.13. The summed E-state index contributed by atoms with van der Waals surface area (Å²) in [7, 11) is 0. The van der Waals surface area contributed by atoms with Gasteiger partial charge in [-0.1, -0.05) is 48.5 Å². The molecule has 2 rings (SSSR count). The van der Waals surface area contributed by atoms with Gasteiger partial charge in [-0.3, -0.25) is 14.4 Å². The van der Waals surface area contributed by atoms with Gasteiger partial charge in [0.2, 0.25) is 11.8 Å². The molecule has 2 aromatic rings. The van der Waals surface area contributed by atoms with E-state index in [0.717, 1.165) is 6.08 Å². The molecule has 2 N–H and O–H groups in total. The Labute approximate surface area is 144 Å². The minimum absolute atomic E-state index is 0.291. The third-order valence-electron chi connectivity index (χ3n) is 3.11. The van der Waals surface area contributed by atoms with E-state index in [9.17, 15) is 14.4 Å². The molecular formula is C18H15ClN2O3. The van der Waals surface area contributed by atoms with E-state index in [4.69, 9.17) is 11.6 Å². The third-order valence-corrected chi connectivity index (χ3v) is 3.44. The molecular weight excluding hydrogens is 328 g/mol. The molecule has 2 aromatic carbocycles. The number of halogens is 1. The van der Waals surface area contributed by atoms with Gasteiger partial charge in [-0.2, -0.15) is 0 Å². The van der Waals surface area contributed by atoms with Crippen LogP contribution in [0.2, 0.25) is 5.02 Å². The summed E-state index contributed by atoms with van der Waals surface area (Å²) < 4.78 is 0. The van der Waals surface area contributed by atoms with E-state index in [1.165, 1.54) is 12.1 Å². The number of rotatable bonds is 6. The van der Waals surface area contributed by atoms with Crippen molar-refractivity contribution in [2.24, 2.45) is 0 Å². The van der Waals surface area contributed by atoms with Crippen molar-refractivity contribution in [3.05, 3.63) is 71.8 Å². The number of nitrogens with one attached hydrogen (secondary N) is 2. The Morgan fingerprint density at radius 1 is 1.04 bits per heavy atom. The molecule has 0 unspecified atom stereocenters. The zero-order valence-electron chi connectivity index (χ0n) is 12.7. The van der Waals surface area contributed by atoms with Crippen LogP contribution in [0.25, 0.3) is 0 Å². The Balaban J connectivity index is 2.05. The molecule has 0 atom stereocenters. The number of anilines is 2. The van der Waals surface area contributed by atoms with Crippen LogP contribution in [0.3, 0.4) is 0 Å². The van der Waals surface area contributed by atoms with Crippen LogP contribution in [-0.2, 0) is 9.59 Å². The Hall–Kier alpha value is -2.92. The Morgan fingerprint density at radius 3 is 2.42 bits per heavy atom. The SMILES string of the molecule is C=CC(=O)Nc1ccc(Cl)c(NC(=O)CC(=O)c2ccccc2)c1. The van der Waals surface area contributed by atoms with Crippen LogP contribution < -0.4 is 10.6 Å². The fourth-order valence-corrected chi connectivity index (χ4v) is 2.12. The highest BCUT2D eigenvalue weighted by atomic mass is 35.5. The summed E-state index contributed by atoms with van der Waals surface area (Å²) in [6.45, 7) is 3.36. The van der Waals surface area contributed by atoms with E-state index >= 15 is 0 Å². The maximum absolute atomic E-state index is 12.0. The average Bonchev–Trinajstić information content (AvgIpc) is 2.58. The van der Waals surface area contributed by atoms with Gasteiger partial charge in [-0.05, 0) is 24.3 Å². The van der Waals surface area contributed by atoms with Crippen molar-refractivity contribution in [1.29, 1.82) is 0 Å². The number of benzene rings is 2. The first-order valence-corrected chi connectivity index (χ1v) is 7.48. The maximum atomic E-state index is 12.0. The summed E-state index contributed by atoms with van der Waals surface area (Å²) in [5.41, 5.74) is 1.23. The quantitative estimate of drug-likeness (QED) is 0.477. The van der Waals surface area contributed by atoms with Gasteiger partial charge >= 0.3 is 0 Å². The van der Waals surface area contributed by atoms with E-state index < -0.39 is 5.91 Å². The topological polar surface area (TPSA) is 75.3 Å². The van der Waals surface area contributed by atoms with Crippen molar-refractivity contribution in [3.63, 3.8) is 0 Å². The summed E-state index contributed by atoms with van der Waals surface area (Å²) >= 11 is 6.03. The van der Waals surface area contributed by atoms with Crippen molar-refractivity contribution in [3.8, 4) is 0 Å². The van der Waals surface area contributed by atoms with Gasteiger partial charge in [0.1, 0.15) is 0 Å². The molecule has 2 amide bonds. The van der Waals surface area contributed by atoms with Gasteiger partial charge in [0, 0.05) is 11.3 Å². The van der Waals surface area contributed by atoms with Crippen LogP contribution in [-0.4, -0.2) is 17.6 Å². The van der Waals surface area contributed by atoms with E-state index in [-0.39, 0.29) is 18.1 Å². The maximum Gasteiger partial charge on any atom is 0.247 e. The van der Waals surface area contributed by atoms with Crippen LogP contribution in [0.5, 0.6) is 0 Å². The summed E-state index contributed by atoms with van der Waals surface area (Å²) in [4.78, 5) is 35.4. The predicted octanol–water partition coefficient (Wildman–Crippen LogP) is 3.68. The van der Waals surface area contributed by atoms with Gasteiger partial charge in [0.05, 0.1) is 17.1 Å². The van der Waals surface area contributed by atoms with Crippen molar-refractivity contribution < 1.29 is 14.4 Å². The zero-order chi connectivity index (χ0) is 17.5. The largest absolute Gasteiger partial charge is 0.324 e. The van der Waals surface area contributed by atoms with E-state index in [0.29, 0.717) is 22.0 Å². The van der Waals surface area contributed by atoms with Gasteiger partial charge in [0.25, 0.3) is 0 Å². The lowest BCUT2D eigenvalue weighted by Gasteiger charge is -2.10. The van der Waals surface area contributed by atoms with E-state index in [1.807, 2.05) is 0 Å². The first-order chi connectivity index (χ1) is 11.5. The molecule has 0 spiro atoms. The van der Waals surface area contributed by atoms with Crippen LogP contribution in [0.15, 0.2) is 61.2 Å². The second-order valence-corrected chi connectivity index (χ2v) is 5.31. The number of hydrogen-bond acceptors (Lipinski definition) is 3. The minimum atomic E-state index is -0.488. The van der Waals surface area contributed by atoms with Crippen molar-refractivity contribution in [2.45, 2.75) is 6.42 Å².